The second-order valence-corrected chi connectivity index (χ2v) is 4.58. The number of nitrogens with zero attached hydrogens (tertiary/aromatic N) is 2. The van der Waals surface area contributed by atoms with Crippen LogP contribution in [0.2, 0.25) is 0 Å². The van der Waals surface area contributed by atoms with E-state index in [0.717, 1.165) is 24.2 Å². The first kappa shape index (κ1) is 13.9. The van der Waals surface area contributed by atoms with Gasteiger partial charge in [0.15, 0.2) is 0 Å². The van der Waals surface area contributed by atoms with Gasteiger partial charge in [0.05, 0.1) is 17.6 Å². The molecule has 0 spiro atoms. The summed E-state index contributed by atoms with van der Waals surface area (Å²) in [7, 11) is 3.50. The minimum Gasteiger partial charge on any atom is -0.397 e. The lowest BCUT2D eigenvalue weighted by Gasteiger charge is -2.10. The fourth-order valence-electron chi connectivity index (χ4n) is 1.94. The molecule has 0 saturated heterocycles. The van der Waals surface area contributed by atoms with Crippen molar-refractivity contribution in [3.63, 3.8) is 0 Å². The molecule has 0 aliphatic heterocycles. The third-order valence-corrected chi connectivity index (χ3v) is 3.03. The summed E-state index contributed by atoms with van der Waals surface area (Å²) in [4.78, 5) is 11.6. The van der Waals surface area contributed by atoms with Crippen molar-refractivity contribution in [3.05, 3.63) is 41.7 Å². The van der Waals surface area contributed by atoms with Crippen LogP contribution in [0.4, 0.5) is 11.4 Å². The van der Waals surface area contributed by atoms with E-state index < -0.39 is 0 Å². The molecule has 0 fully saturated rings. The monoisotopic (exact) mass is 273 g/mol. The maximum atomic E-state index is 11.6. The number of carbonyl (C=O) groups excluding carboxylic acids is 1. The number of hydrogen-bond acceptors (Lipinski definition) is 4. The van der Waals surface area contributed by atoms with Crippen molar-refractivity contribution in [1.82, 2.24) is 15.1 Å². The molecule has 1 aromatic carbocycles. The van der Waals surface area contributed by atoms with E-state index in [1.54, 1.807) is 29.9 Å². The van der Waals surface area contributed by atoms with Crippen LogP contribution in [-0.2, 0) is 13.5 Å². The molecule has 20 heavy (non-hydrogen) atoms. The highest BCUT2D eigenvalue weighted by atomic mass is 16.1. The predicted octanol–water partition coefficient (Wildman–Crippen LogP) is 1.02. The minimum absolute atomic E-state index is 0.125. The Labute approximate surface area is 118 Å². The molecule has 1 amide bonds. The molecule has 4 N–H and O–H groups in total. The second-order valence-electron chi connectivity index (χ2n) is 4.58. The Balaban J connectivity index is 1.99. The van der Waals surface area contributed by atoms with Gasteiger partial charge in [-0.2, -0.15) is 5.10 Å². The Morgan fingerprint density at radius 2 is 2.25 bits per heavy atom. The summed E-state index contributed by atoms with van der Waals surface area (Å²) in [5.41, 5.74) is 9.05. The van der Waals surface area contributed by atoms with Crippen LogP contribution < -0.4 is 16.4 Å². The fourth-order valence-corrected chi connectivity index (χ4v) is 1.94. The topological polar surface area (TPSA) is 85.0 Å². The lowest BCUT2D eigenvalue weighted by Crippen LogP contribution is -2.18. The predicted molar refractivity (Wildman–Crippen MR) is 79.6 cm³/mol. The van der Waals surface area contributed by atoms with Crippen LogP contribution in [0, 0.1) is 0 Å². The van der Waals surface area contributed by atoms with Crippen LogP contribution in [0.15, 0.2) is 30.6 Å². The van der Waals surface area contributed by atoms with Crippen molar-refractivity contribution in [2.45, 2.75) is 6.42 Å². The van der Waals surface area contributed by atoms with Crippen LogP contribution in [0.5, 0.6) is 0 Å². The minimum atomic E-state index is -0.125. The maximum Gasteiger partial charge on any atom is 0.251 e. The number of rotatable bonds is 5. The number of carbonyl (C=O) groups is 1. The van der Waals surface area contributed by atoms with E-state index in [4.69, 9.17) is 5.73 Å². The van der Waals surface area contributed by atoms with Crippen molar-refractivity contribution >= 4 is 17.3 Å². The highest BCUT2D eigenvalue weighted by Gasteiger charge is 2.06. The number of nitrogens with one attached hydrogen (secondary N) is 2. The average molecular weight is 273 g/mol. The van der Waals surface area contributed by atoms with Crippen LogP contribution in [0.25, 0.3) is 0 Å². The zero-order chi connectivity index (χ0) is 14.5. The number of hydrogen-bond donors (Lipinski definition) is 3. The van der Waals surface area contributed by atoms with E-state index in [0.29, 0.717) is 11.3 Å². The molecular formula is C14H19N5O. The van der Waals surface area contributed by atoms with Gasteiger partial charge in [0.1, 0.15) is 0 Å². The van der Waals surface area contributed by atoms with Gasteiger partial charge >= 0.3 is 0 Å². The molecule has 0 atom stereocenters. The van der Waals surface area contributed by atoms with Gasteiger partial charge in [-0.3, -0.25) is 9.48 Å². The number of nitrogen functional groups attached to an aromatic ring is 1. The van der Waals surface area contributed by atoms with Gasteiger partial charge in [0.25, 0.3) is 5.91 Å². The van der Waals surface area contributed by atoms with Crippen molar-refractivity contribution < 1.29 is 4.79 Å². The Morgan fingerprint density at radius 3 is 2.90 bits per heavy atom. The molecule has 0 unspecified atom stereocenters. The van der Waals surface area contributed by atoms with Crippen LogP contribution >= 0.6 is 0 Å². The van der Waals surface area contributed by atoms with Gasteiger partial charge in [-0.1, -0.05) is 0 Å². The number of nitrogens with two attached hydrogens (primary N) is 1. The van der Waals surface area contributed by atoms with Gasteiger partial charge in [0, 0.05) is 32.4 Å². The van der Waals surface area contributed by atoms with E-state index in [9.17, 15) is 4.79 Å². The molecule has 2 aromatic rings. The van der Waals surface area contributed by atoms with E-state index in [-0.39, 0.29) is 5.91 Å². The van der Waals surface area contributed by atoms with E-state index in [1.807, 2.05) is 19.4 Å². The number of aryl methyl sites for hydroxylation is 1. The molecule has 106 valence electrons. The maximum absolute atomic E-state index is 11.6. The molecule has 1 aromatic heterocycles. The van der Waals surface area contributed by atoms with E-state index in [2.05, 4.69) is 15.7 Å². The summed E-state index contributed by atoms with van der Waals surface area (Å²) < 4.78 is 1.77. The number of anilines is 2. The summed E-state index contributed by atoms with van der Waals surface area (Å²) >= 11 is 0. The summed E-state index contributed by atoms with van der Waals surface area (Å²) in [5, 5.41) is 9.96. The molecular weight excluding hydrogens is 254 g/mol. The van der Waals surface area contributed by atoms with Crippen LogP contribution in [0.3, 0.4) is 0 Å². The lowest BCUT2D eigenvalue weighted by molar-refractivity contribution is 0.0963. The second kappa shape index (κ2) is 6.10. The van der Waals surface area contributed by atoms with Crippen molar-refractivity contribution in [2.24, 2.45) is 7.05 Å². The van der Waals surface area contributed by atoms with Gasteiger partial charge in [0.2, 0.25) is 0 Å². The zero-order valence-electron chi connectivity index (χ0n) is 11.7. The summed E-state index contributed by atoms with van der Waals surface area (Å²) in [6.45, 7) is 0.729. The molecule has 0 saturated carbocycles. The molecule has 6 heteroatoms. The Kier molecular flexibility index (Phi) is 4.24. The fraction of sp³-hybridized carbons (Fsp3) is 0.286. The molecule has 2 rings (SSSR count). The molecule has 0 bridgehead atoms. The Morgan fingerprint density at radius 1 is 1.45 bits per heavy atom. The third-order valence-electron chi connectivity index (χ3n) is 3.03. The zero-order valence-corrected chi connectivity index (χ0v) is 11.7. The molecule has 0 radical (unpaired) electrons. The van der Waals surface area contributed by atoms with Crippen LogP contribution in [0.1, 0.15) is 15.9 Å². The van der Waals surface area contributed by atoms with Gasteiger partial charge in [-0.15, -0.1) is 0 Å². The highest BCUT2D eigenvalue weighted by Crippen LogP contribution is 2.20. The van der Waals surface area contributed by atoms with Crippen molar-refractivity contribution in [3.8, 4) is 0 Å². The average Bonchev–Trinajstić information content (AvgIpc) is 2.85. The summed E-state index contributed by atoms with van der Waals surface area (Å²) in [6.07, 6.45) is 4.66. The van der Waals surface area contributed by atoms with Gasteiger partial charge in [-0.25, -0.2) is 0 Å². The Bertz CT molecular complexity index is 605. The first-order chi connectivity index (χ1) is 9.60. The number of benzene rings is 1. The summed E-state index contributed by atoms with van der Waals surface area (Å²) in [5.74, 6) is -0.125. The SMILES string of the molecule is CNC(=O)c1ccc(N)c(NCCc2cnn(C)c2)c1. The lowest BCUT2D eigenvalue weighted by atomic mass is 10.1. The first-order valence-electron chi connectivity index (χ1n) is 6.43. The summed E-state index contributed by atoms with van der Waals surface area (Å²) in [6, 6.07) is 5.20. The number of amides is 1. The molecule has 6 nitrogen and oxygen atoms in total. The molecule has 1 heterocycles. The molecule has 0 aliphatic rings. The van der Waals surface area contributed by atoms with Gasteiger partial charge in [-0.05, 0) is 30.2 Å². The first-order valence-corrected chi connectivity index (χ1v) is 6.43. The van der Waals surface area contributed by atoms with Crippen LogP contribution in [-0.4, -0.2) is 29.3 Å². The standard InChI is InChI=1S/C14H19N5O/c1-16-14(20)11-3-4-12(15)13(7-11)17-6-5-10-8-18-19(2)9-10/h3-4,7-9,17H,5-6,15H2,1-2H3,(H,16,20). The van der Waals surface area contributed by atoms with E-state index in [1.165, 1.54) is 0 Å². The normalized spacial score (nSPS) is 10.3. The Hall–Kier alpha value is -2.50. The quantitative estimate of drug-likeness (QED) is 0.710. The highest BCUT2D eigenvalue weighted by molar-refractivity contribution is 5.96. The molecule has 0 aliphatic carbocycles. The van der Waals surface area contributed by atoms with E-state index >= 15 is 0 Å². The largest absolute Gasteiger partial charge is 0.397 e. The van der Waals surface area contributed by atoms with Crippen molar-refractivity contribution in [1.29, 1.82) is 0 Å². The third kappa shape index (κ3) is 3.28. The van der Waals surface area contributed by atoms with Crippen molar-refractivity contribution in [2.75, 3.05) is 24.6 Å². The smallest absolute Gasteiger partial charge is 0.251 e. The number of aromatic nitrogens is 2. The van der Waals surface area contributed by atoms with Gasteiger partial charge < -0.3 is 16.4 Å².